The first-order valence-corrected chi connectivity index (χ1v) is 7.56. The molecule has 0 amide bonds. The molecule has 0 fully saturated rings. The summed E-state index contributed by atoms with van der Waals surface area (Å²) in [4.78, 5) is 0. The third-order valence-corrected chi connectivity index (χ3v) is 3.71. The molecule has 6 heteroatoms. The Kier molecular flexibility index (Phi) is 4.29. The number of anilines is 1. The summed E-state index contributed by atoms with van der Waals surface area (Å²) < 4.78 is 2.70. The van der Waals surface area contributed by atoms with Crippen molar-refractivity contribution in [2.75, 3.05) is 5.32 Å². The van der Waals surface area contributed by atoms with Crippen LogP contribution in [0.1, 0.15) is 11.4 Å². The number of halogens is 1. The smallest absolute Gasteiger partial charge is 0.181 e. The zero-order valence-electron chi connectivity index (χ0n) is 11.9. The van der Waals surface area contributed by atoms with E-state index in [9.17, 15) is 0 Å². The van der Waals surface area contributed by atoms with Gasteiger partial charge in [0.25, 0.3) is 0 Å². The van der Waals surface area contributed by atoms with Crippen LogP contribution in [-0.2, 0) is 0 Å². The zero-order valence-corrected chi connectivity index (χ0v) is 13.5. The minimum atomic E-state index is 0.656. The monoisotopic (exact) mass is 355 g/mol. The Morgan fingerprint density at radius 3 is 2.64 bits per heavy atom. The van der Waals surface area contributed by atoms with Gasteiger partial charge in [0.05, 0.1) is 5.69 Å². The Morgan fingerprint density at radius 1 is 1.09 bits per heavy atom. The minimum absolute atomic E-state index is 0.656. The number of hydrogen-bond donors (Lipinski definition) is 1. The van der Waals surface area contributed by atoms with E-state index < -0.39 is 0 Å². The third-order valence-electron chi connectivity index (χ3n) is 3.18. The molecule has 1 aromatic heterocycles. The fourth-order valence-electron chi connectivity index (χ4n) is 2.00. The Bertz CT molecular complexity index is 792. The molecule has 1 N–H and O–H groups in total. The fraction of sp³-hybridized carbons (Fsp3) is 0.0625. The number of benzene rings is 2. The molecule has 0 aliphatic rings. The Morgan fingerprint density at radius 2 is 1.86 bits per heavy atom. The van der Waals surface area contributed by atoms with E-state index in [2.05, 4.69) is 49.8 Å². The summed E-state index contributed by atoms with van der Waals surface area (Å²) >= 11 is 3.42. The number of nitrogens with zero attached hydrogens (tertiary/aromatic N) is 4. The maximum Gasteiger partial charge on any atom is 0.181 e. The summed E-state index contributed by atoms with van der Waals surface area (Å²) in [6, 6.07) is 15.9. The lowest BCUT2D eigenvalue weighted by Gasteiger charge is -2.04. The number of rotatable bonds is 4. The van der Waals surface area contributed by atoms with Gasteiger partial charge in [-0.2, -0.15) is 4.68 Å². The summed E-state index contributed by atoms with van der Waals surface area (Å²) in [5, 5.41) is 15.0. The van der Waals surface area contributed by atoms with Gasteiger partial charge in [-0.25, -0.2) is 0 Å². The lowest BCUT2D eigenvalue weighted by Crippen LogP contribution is -1.99. The number of aryl methyl sites for hydroxylation is 1. The van der Waals surface area contributed by atoms with Crippen LogP contribution < -0.4 is 5.32 Å². The number of hydrogen-bond acceptors (Lipinski definition) is 4. The first-order valence-electron chi connectivity index (χ1n) is 6.77. The van der Waals surface area contributed by atoms with Gasteiger partial charge in [-0.05, 0) is 53.2 Å². The van der Waals surface area contributed by atoms with Crippen molar-refractivity contribution in [1.29, 1.82) is 0 Å². The van der Waals surface area contributed by atoms with E-state index in [1.807, 2.05) is 54.7 Å². The normalized spacial score (nSPS) is 11.0. The number of nitrogens with one attached hydrogen (secondary N) is 1. The van der Waals surface area contributed by atoms with Crippen molar-refractivity contribution in [3.8, 4) is 5.69 Å². The molecule has 22 heavy (non-hydrogen) atoms. The Labute approximate surface area is 136 Å². The Hall–Kier alpha value is -2.47. The van der Waals surface area contributed by atoms with Crippen LogP contribution in [0.25, 0.3) is 11.8 Å². The zero-order chi connectivity index (χ0) is 15.4. The second kappa shape index (κ2) is 6.53. The van der Waals surface area contributed by atoms with E-state index in [1.54, 1.807) is 4.68 Å². The van der Waals surface area contributed by atoms with Crippen molar-refractivity contribution in [1.82, 2.24) is 20.2 Å². The van der Waals surface area contributed by atoms with Gasteiger partial charge in [0, 0.05) is 22.4 Å². The molecule has 0 saturated carbocycles. The first kappa shape index (κ1) is 14.5. The standard InChI is InChI=1S/C16H14BrN5/c1-12-4-2-3-5-15(12)18-11-10-16-19-20-21-22(16)14-8-6-13(17)7-9-14/h2-11,18H,1H3. The van der Waals surface area contributed by atoms with Crippen LogP contribution in [0.15, 0.2) is 59.2 Å². The summed E-state index contributed by atoms with van der Waals surface area (Å²) in [6.45, 7) is 2.06. The molecule has 1 heterocycles. The first-order chi connectivity index (χ1) is 10.7. The summed E-state index contributed by atoms with van der Waals surface area (Å²) in [5.41, 5.74) is 3.14. The topological polar surface area (TPSA) is 55.6 Å². The molecular weight excluding hydrogens is 342 g/mol. The average Bonchev–Trinajstić information content (AvgIpc) is 2.98. The van der Waals surface area contributed by atoms with Gasteiger partial charge in [-0.1, -0.05) is 34.1 Å². The fourth-order valence-corrected chi connectivity index (χ4v) is 2.27. The van der Waals surface area contributed by atoms with Crippen LogP contribution >= 0.6 is 15.9 Å². The van der Waals surface area contributed by atoms with Crippen molar-refractivity contribution in [2.24, 2.45) is 0 Å². The van der Waals surface area contributed by atoms with E-state index >= 15 is 0 Å². The molecule has 3 rings (SSSR count). The van der Waals surface area contributed by atoms with Crippen LogP contribution in [0.2, 0.25) is 0 Å². The van der Waals surface area contributed by atoms with Crippen LogP contribution in [0, 0.1) is 6.92 Å². The van der Waals surface area contributed by atoms with E-state index in [-0.39, 0.29) is 0 Å². The number of tetrazole rings is 1. The van der Waals surface area contributed by atoms with Gasteiger partial charge in [0.15, 0.2) is 5.82 Å². The van der Waals surface area contributed by atoms with Crippen molar-refractivity contribution >= 4 is 27.7 Å². The predicted molar refractivity (Wildman–Crippen MR) is 90.7 cm³/mol. The number of para-hydroxylation sites is 1. The lowest BCUT2D eigenvalue weighted by molar-refractivity contribution is 0.786. The number of aromatic nitrogens is 4. The second-order valence-corrected chi connectivity index (χ2v) is 5.63. The highest BCUT2D eigenvalue weighted by molar-refractivity contribution is 9.10. The molecule has 3 aromatic rings. The summed E-state index contributed by atoms with van der Waals surface area (Å²) in [7, 11) is 0. The van der Waals surface area contributed by atoms with Gasteiger partial charge in [0.1, 0.15) is 0 Å². The predicted octanol–water partition coefficient (Wildman–Crippen LogP) is 3.82. The van der Waals surface area contributed by atoms with Gasteiger partial charge in [-0.15, -0.1) is 5.10 Å². The molecule has 0 bridgehead atoms. The summed E-state index contributed by atoms with van der Waals surface area (Å²) in [5.74, 6) is 0.656. The van der Waals surface area contributed by atoms with E-state index in [4.69, 9.17) is 0 Å². The highest BCUT2D eigenvalue weighted by Gasteiger charge is 2.04. The second-order valence-electron chi connectivity index (χ2n) is 4.72. The van der Waals surface area contributed by atoms with Gasteiger partial charge >= 0.3 is 0 Å². The average molecular weight is 356 g/mol. The Balaban J connectivity index is 1.79. The molecule has 0 aliphatic carbocycles. The molecule has 0 unspecified atom stereocenters. The molecule has 5 nitrogen and oxygen atoms in total. The SMILES string of the molecule is Cc1ccccc1NC=Cc1nnnn1-c1ccc(Br)cc1. The van der Waals surface area contributed by atoms with E-state index in [0.717, 1.165) is 15.8 Å². The van der Waals surface area contributed by atoms with Crippen LogP contribution in [0.4, 0.5) is 5.69 Å². The van der Waals surface area contributed by atoms with Gasteiger partial charge < -0.3 is 5.32 Å². The minimum Gasteiger partial charge on any atom is -0.361 e. The van der Waals surface area contributed by atoms with Crippen LogP contribution in [-0.4, -0.2) is 20.2 Å². The maximum atomic E-state index is 4.03. The van der Waals surface area contributed by atoms with Gasteiger partial charge in [-0.3, -0.25) is 0 Å². The molecule has 0 spiro atoms. The largest absolute Gasteiger partial charge is 0.361 e. The third kappa shape index (κ3) is 3.23. The van der Waals surface area contributed by atoms with Crippen molar-refractivity contribution in [2.45, 2.75) is 6.92 Å². The quantitative estimate of drug-likeness (QED) is 0.772. The molecule has 0 aliphatic heterocycles. The molecular formula is C16H14BrN5. The van der Waals surface area contributed by atoms with E-state index in [0.29, 0.717) is 5.82 Å². The molecule has 0 saturated heterocycles. The van der Waals surface area contributed by atoms with E-state index in [1.165, 1.54) is 5.56 Å². The maximum absolute atomic E-state index is 4.03. The van der Waals surface area contributed by atoms with Crippen LogP contribution in [0.3, 0.4) is 0 Å². The molecule has 2 aromatic carbocycles. The van der Waals surface area contributed by atoms with Gasteiger partial charge in [0.2, 0.25) is 0 Å². The van der Waals surface area contributed by atoms with Crippen molar-refractivity contribution < 1.29 is 0 Å². The van der Waals surface area contributed by atoms with Crippen LogP contribution in [0.5, 0.6) is 0 Å². The van der Waals surface area contributed by atoms with Crippen molar-refractivity contribution in [3.05, 3.63) is 70.6 Å². The molecule has 110 valence electrons. The molecule has 0 atom stereocenters. The lowest BCUT2D eigenvalue weighted by atomic mass is 10.2. The summed E-state index contributed by atoms with van der Waals surface area (Å²) in [6.07, 6.45) is 3.68. The highest BCUT2D eigenvalue weighted by Crippen LogP contribution is 2.15. The molecule has 0 radical (unpaired) electrons. The van der Waals surface area contributed by atoms with Crippen molar-refractivity contribution in [3.63, 3.8) is 0 Å². The highest BCUT2D eigenvalue weighted by atomic mass is 79.9.